The first-order valence-electron chi connectivity index (χ1n) is 13.5. The molecule has 3 aromatic rings. The highest BCUT2D eigenvalue weighted by Crippen LogP contribution is 2.42. The minimum absolute atomic E-state index is 0.0483. The van der Waals surface area contributed by atoms with Crippen LogP contribution in [0.25, 0.3) is 5.69 Å². The maximum Gasteiger partial charge on any atom is 0.355 e. The minimum Gasteiger partial charge on any atom is -0.508 e. The molecular formula is C30H35N5O4. The Morgan fingerprint density at radius 1 is 1.10 bits per heavy atom. The Morgan fingerprint density at radius 3 is 2.54 bits per heavy atom. The Bertz CT molecular complexity index is 1440. The van der Waals surface area contributed by atoms with Crippen molar-refractivity contribution in [2.24, 2.45) is 0 Å². The maximum absolute atomic E-state index is 13.5. The molecule has 0 bridgehead atoms. The first-order chi connectivity index (χ1) is 18.9. The zero-order chi connectivity index (χ0) is 27.5. The van der Waals surface area contributed by atoms with E-state index >= 15 is 0 Å². The molecule has 9 nitrogen and oxygen atoms in total. The highest BCUT2D eigenvalue weighted by Gasteiger charge is 2.36. The summed E-state index contributed by atoms with van der Waals surface area (Å²) in [6.45, 7) is 9.92. The fraction of sp³-hybridized carbons (Fsp3) is 0.367. The van der Waals surface area contributed by atoms with Crippen molar-refractivity contribution < 1.29 is 14.6 Å². The summed E-state index contributed by atoms with van der Waals surface area (Å²) >= 11 is 0. The van der Waals surface area contributed by atoms with Gasteiger partial charge >= 0.3 is 11.7 Å². The van der Waals surface area contributed by atoms with Crippen LogP contribution >= 0.6 is 0 Å². The van der Waals surface area contributed by atoms with Gasteiger partial charge in [0, 0.05) is 56.0 Å². The number of hydrogen-bond donors (Lipinski definition) is 2. The van der Waals surface area contributed by atoms with Crippen LogP contribution in [0.4, 0.5) is 11.6 Å². The molecule has 0 amide bonds. The lowest BCUT2D eigenvalue weighted by Crippen LogP contribution is -2.48. The van der Waals surface area contributed by atoms with Crippen LogP contribution in [0.3, 0.4) is 0 Å². The minimum atomic E-state index is -0.451. The molecule has 9 heteroatoms. The maximum atomic E-state index is 13.5. The van der Waals surface area contributed by atoms with Gasteiger partial charge in [-0.25, -0.2) is 14.2 Å². The van der Waals surface area contributed by atoms with Crippen LogP contribution in [0, 0.1) is 0 Å². The molecule has 0 spiro atoms. The number of aromatic nitrogens is 2. The lowest BCUT2D eigenvalue weighted by Gasteiger charge is -2.38. The number of aromatic hydroxyl groups is 1. The largest absolute Gasteiger partial charge is 0.508 e. The van der Waals surface area contributed by atoms with E-state index in [1.165, 1.54) is 16.2 Å². The number of phenols is 1. The number of nitrogens with one attached hydrogen (secondary N) is 1. The molecule has 1 fully saturated rings. The molecule has 3 heterocycles. The highest BCUT2D eigenvalue weighted by molar-refractivity contribution is 5.94. The van der Waals surface area contributed by atoms with Crippen molar-refractivity contribution >= 4 is 17.6 Å². The number of rotatable bonds is 7. The summed E-state index contributed by atoms with van der Waals surface area (Å²) in [7, 11) is 0. The monoisotopic (exact) mass is 529 g/mol. The number of carbonyl (C=O) groups excluding carboxylic acids is 1. The SMILES string of the molecule is CCOC(=O)C1=C(C)Nc2c(c(N3CCN(CCc4ccccc4)CC3)nc(=O)n2-c2cccc(O)c2)C1C. The summed E-state index contributed by atoms with van der Waals surface area (Å²) in [4.78, 5) is 35.6. The molecule has 2 aromatic carbocycles. The van der Waals surface area contributed by atoms with Gasteiger partial charge in [0.25, 0.3) is 0 Å². The summed E-state index contributed by atoms with van der Waals surface area (Å²) in [5.41, 5.74) is 3.28. The van der Waals surface area contributed by atoms with Crippen LogP contribution in [-0.4, -0.2) is 64.9 Å². The van der Waals surface area contributed by atoms with E-state index in [0.717, 1.165) is 31.6 Å². The van der Waals surface area contributed by atoms with Crippen molar-refractivity contribution in [1.29, 1.82) is 0 Å². The molecule has 1 atom stereocenters. The van der Waals surface area contributed by atoms with Crippen molar-refractivity contribution in [2.45, 2.75) is 33.1 Å². The number of carbonyl (C=O) groups is 1. The third kappa shape index (κ3) is 5.40. The van der Waals surface area contributed by atoms with Gasteiger partial charge in [0.05, 0.1) is 17.9 Å². The van der Waals surface area contributed by atoms with Crippen LogP contribution < -0.4 is 15.9 Å². The second kappa shape index (κ2) is 11.3. The van der Waals surface area contributed by atoms with Gasteiger partial charge in [-0.3, -0.25) is 4.90 Å². The van der Waals surface area contributed by atoms with Gasteiger partial charge in [-0.2, -0.15) is 4.98 Å². The lowest BCUT2D eigenvalue weighted by atomic mass is 9.88. The Hall–Kier alpha value is -4.11. The van der Waals surface area contributed by atoms with Crippen molar-refractivity contribution in [1.82, 2.24) is 14.5 Å². The summed E-state index contributed by atoms with van der Waals surface area (Å²) in [6, 6.07) is 17.0. The first-order valence-corrected chi connectivity index (χ1v) is 13.5. The van der Waals surface area contributed by atoms with Gasteiger partial charge in [0.15, 0.2) is 0 Å². The molecule has 204 valence electrons. The smallest absolute Gasteiger partial charge is 0.355 e. The van der Waals surface area contributed by atoms with Crippen LogP contribution in [0.1, 0.15) is 37.8 Å². The van der Waals surface area contributed by atoms with E-state index in [4.69, 9.17) is 4.74 Å². The number of benzene rings is 2. The molecule has 0 aliphatic carbocycles. The van der Waals surface area contributed by atoms with Gasteiger partial charge in [0.2, 0.25) is 0 Å². The van der Waals surface area contributed by atoms with E-state index in [1.54, 1.807) is 25.1 Å². The molecule has 2 aliphatic rings. The summed E-state index contributed by atoms with van der Waals surface area (Å²) in [5, 5.41) is 13.4. The summed E-state index contributed by atoms with van der Waals surface area (Å²) in [6.07, 6.45) is 0.988. The number of allylic oxidation sites excluding steroid dienone is 1. The first kappa shape index (κ1) is 26.5. The standard InChI is InChI=1S/C30H35N5O4/c1-4-39-29(37)25-20(2)26-27(34-17-15-33(16-18-34)14-13-22-9-6-5-7-10-22)32-30(38)35(28(26)31-21(25)3)23-11-8-12-24(36)19-23/h5-12,19-20,31,36H,4,13-18H2,1-3H3. The number of nitrogens with zero attached hydrogens (tertiary/aromatic N) is 4. The molecule has 0 radical (unpaired) electrons. The molecule has 39 heavy (non-hydrogen) atoms. The van der Waals surface area contributed by atoms with E-state index in [9.17, 15) is 14.7 Å². The lowest BCUT2D eigenvalue weighted by molar-refractivity contribution is -0.138. The van der Waals surface area contributed by atoms with Crippen LogP contribution in [-0.2, 0) is 16.0 Å². The molecule has 5 rings (SSSR count). The third-order valence-electron chi connectivity index (χ3n) is 7.50. The fourth-order valence-corrected chi connectivity index (χ4v) is 5.53. The van der Waals surface area contributed by atoms with Crippen molar-refractivity contribution in [2.75, 3.05) is 49.5 Å². The topological polar surface area (TPSA) is 99.9 Å². The van der Waals surface area contributed by atoms with Gasteiger partial charge < -0.3 is 20.1 Å². The summed E-state index contributed by atoms with van der Waals surface area (Å²) in [5.74, 6) is 0.450. The van der Waals surface area contributed by atoms with E-state index in [0.29, 0.717) is 41.7 Å². The Morgan fingerprint density at radius 2 is 1.85 bits per heavy atom. The van der Waals surface area contributed by atoms with Crippen molar-refractivity contribution in [3.8, 4) is 11.4 Å². The quantitative estimate of drug-likeness (QED) is 0.448. The zero-order valence-electron chi connectivity index (χ0n) is 22.7. The average molecular weight is 530 g/mol. The number of anilines is 2. The number of hydrogen-bond acceptors (Lipinski definition) is 8. The van der Waals surface area contributed by atoms with E-state index in [-0.39, 0.29) is 24.2 Å². The molecule has 2 N–H and O–H groups in total. The summed E-state index contributed by atoms with van der Waals surface area (Å²) < 4.78 is 6.84. The number of esters is 1. The van der Waals surface area contributed by atoms with Crippen LogP contribution in [0.15, 0.2) is 70.7 Å². The normalized spacial score (nSPS) is 17.5. The molecular weight excluding hydrogens is 494 g/mol. The molecule has 1 saturated heterocycles. The van der Waals surface area contributed by atoms with Gasteiger partial charge in [0.1, 0.15) is 17.4 Å². The van der Waals surface area contributed by atoms with Crippen LogP contribution in [0.5, 0.6) is 5.75 Å². The molecule has 1 aromatic heterocycles. The second-order valence-corrected chi connectivity index (χ2v) is 10.0. The number of phenolic OH excluding ortho intramolecular Hbond substituents is 1. The second-order valence-electron chi connectivity index (χ2n) is 10.0. The predicted octanol–water partition coefficient (Wildman–Crippen LogP) is 3.67. The van der Waals surface area contributed by atoms with E-state index < -0.39 is 5.69 Å². The van der Waals surface area contributed by atoms with Gasteiger partial charge in [-0.1, -0.05) is 43.3 Å². The average Bonchev–Trinajstić information content (AvgIpc) is 2.92. The third-order valence-corrected chi connectivity index (χ3v) is 7.50. The van der Waals surface area contributed by atoms with Crippen molar-refractivity contribution in [3.05, 3.63) is 87.5 Å². The van der Waals surface area contributed by atoms with E-state index in [2.05, 4.69) is 44.4 Å². The van der Waals surface area contributed by atoms with Gasteiger partial charge in [-0.05, 0) is 38.0 Å². The number of piperazine rings is 1. The molecule has 2 aliphatic heterocycles. The van der Waals surface area contributed by atoms with E-state index in [1.807, 2.05) is 19.9 Å². The Balaban J connectivity index is 1.49. The highest BCUT2D eigenvalue weighted by atomic mass is 16.5. The fourth-order valence-electron chi connectivity index (χ4n) is 5.53. The van der Waals surface area contributed by atoms with Gasteiger partial charge in [-0.15, -0.1) is 0 Å². The Labute approximate surface area is 228 Å². The van der Waals surface area contributed by atoms with Crippen molar-refractivity contribution in [3.63, 3.8) is 0 Å². The predicted molar refractivity (Wildman–Crippen MR) is 152 cm³/mol. The zero-order valence-corrected chi connectivity index (χ0v) is 22.7. The Kier molecular flexibility index (Phi) is 7.70. The number of ether oxygens (including phenoxy) is 1. The molecule has 0 saturated carbocycles. The number of fused-ring (bicyclic) bond motifs is 1. The van der Waals surface area contributed by atoms with Crippen LogP contribution in [0.2, 0.25) is 0 Å². The molecule has 1 unspecified atom stereocenters.